The molecule has 0 aliphatic carbocycles. The smallest absolute Gasteiger partial charge is 0.161 e. The van der Waals surface area contributed by atoms with Crippen molar-refractivity contribution >= 4 is 17.8 Å². The molecule has 0 aromatic heterocycles. The van der Waals surface area contributed by atoms with Crippen molar-refractivity contribution in [3.05, 3.63) is 64.1 Å². The molecule has 1 aromatic carbocycles. The number of benzene rings is 1. The third-order valence-corrected chi connectivity index (χ3v) is 6.73. The van der Waals surface area contributed by atoms with Gasteiger partial charge in [-0.2, -0.15) is 0 Å². The molecule has 174 valence electrons. The summed E-state index contributed by atoms with van der Waals surface area (Å²) in [5, 5.41) is 33.8. The van der Waals surface area contributed by atoms with Gasteiger partial charge in [0.05, 0.1) is 0 Å². The standard InChI is InChI=1S/C24H32ClN3O4/c1-5-7-11-27-22-16(18(26)6-2)10-12-28(22)23-20(30)24(4,31)21(32-23)19(29)15-8-9-17(25)14(3)13-15/h7-9,11,13,18-21,23,29-31H,1,6,10,12,26H2,2-4H3/t18?,19-,20+,21-,23-,24+/m1/s1. The van der Waals surface area contributed by atoms with Crippen LogP contribution in [0.2, 0.25) is 5.02 Å². The van der Waals surface area contributed by atoms with Gasteiger partial charge >= 0.3 is 0 Å². The largest absolute Gasteiger partial charge is 0.386 e. The number of aliphatic hydroxyl groups excluding tert-OH is 2. The number of aliphatic hydroxyl groups is 3. The van der Waals surface area contributed by atoms with E-state index in [1.807, 2.05) is 13.8 Å². The summed E-state index contributed by atoms with van der Waals surface area (Å²) in [5.41, 5.74) is 9.53. The Balaban J connectivity index is 1.93. The Bertz CT molecular complexity index is 955. The molecule has 7 nitrogen and oxygen atoms in total. The average molecular weight is 462 g/mol. The van der Waals surface area contributed by atoms with Gasteiger partial charge in [-0.1, -0.05) is 37.2 Å². The molecule has 2 aliphatic rings. The lowest BCUT2D eigenvalue weighted by atomic mass is 9.88. The van der Waals surface area contributed by atoms with Crippen molar-refractivity contribution in [1.29, 1.82) is 0 Å². The molecule has 5 N–H and O–H groups in total. The molecular weight excluding hydrogens is 430 g/mol. The highest BCUT2D eigenvalue weighted by Gasteiger charge is 2.57. The Morgan fingerprint density at radius 1 is 1.50 bits per heavy atom. The topological polar surface area (TPSA) is 112 Å². The molecular formula is C24H32ClN3O4. The lowest BCUT2D eigenvalue weighted by molar-refractivity contribution is -0.120. The molecule has 1 unspecified atom stereocenters. The quantitative estimate of drug-likeness (QED) is 0.367. The molecule has 0 spiro atoms. The van der Waals surface area contributed by atoms with Crippen molar-refractivity contribution in [1.82, 2.24) is 4.90 Å². The SMILES string of the molecule is C=C=CC=NC1=C(C(N)CC)CCN1[C@@H]1O[C@H]([C@H](O)c2ccc(Cl)c(C)c2)[C@@](C)(O)[C@H]1O. The zero-order chi connectivity index (χ0) is 23.6. The summed E-state index contributed by atoms with van der Waals surface area (Å²) in [7, 11) is 0. The van der Waals surface area contributed by atoms with E-state index in [0.717, 1.165) is 17.6 Å². The molecule has 6 atom stereocenters. The molecule has 0 amide bonds. The summed E-state index contributed by atoms with van der Waals surface area (Å²) >= 11 is 6.10. The summed E-state index contributed by atoms with van der Waals surface area (Å²) < 4.78 is 6.11. The zero-order valence-electron chi connectivity index (χ0n) is 18.7. The lowest BCUT2D eigenvalue weighted by Gasteiger charge is -2.31. The van der Waals surface area contributed by atoms with E-state index in [2.05, 4.69) is 17.3 Å². The number of rotatable bonds is 7. The lowest BCUT2D eigenvalue weighted by Crippen LogP contribution is -2.49. The molecule has 32 heavy (non-hydrogen) atoms. The molecule has 1 fully saturated rings. The first kappa shape index (κ1) is 24.7. The maximum atomic E-state index is 11.1. The van der Waals surface area contributed by atoms with Crippen molar-refractivity contribution in [2.75, 3.05) is 6.54 Å². The molecule has 1 saturated heterocycles. The number of hydrogen-bond acceptors (Lipinski definition) is 7. The van der Waals surface area contributed by atoms with Crippen LogP contribution in [0.25, 0.3) is 0 Å². The number of allylic oxidation sites excluding steroid dienone is 1. The van der Waals surface area contributed by atoms with Crippen LogP contribution in [0.15, 0.2) is 53.0 Å². The molecule has 0 bridgehead atoms. The van der Waals surface area contributed by atoms with Crippen LogP contribution in [-0.2, 0) is 4.74 Å². The number of hydrogen-bond donors (Lipinski definition) is 4. The summed E-state index contributed by atoms with van der Waals surface area (Å²) in [6.07, 6.45) is 0.125. The van der Waals surface area contributed by atoms with Crippen molar-refractivity contribution in [3.8, 4) is 0 Å². The van der Waals surface area contributed by atoms with Gasteiger partial charge in [-0.15, -0.1) is 5.73 Å². The number of aryl methyl sites for hydroxylation is 1. The van der Waals surface area contributed by atoms with E-state index in [-0.39, 0.29) is 6.04 Å². The number of aliphatic imine (C=N–C) groups is 1. The molecule has 0 radical (unpaired) electrons. The predicted octanol–water partition coefficient (Wildman–Crippen LogP) is 2.59. The van der Waals surface area contributed by atoms with Crippen LogP contribution in [0.3, 0.4) is 0 Å². The highest BCUT2D eigenvalue weighted by Crippen LogP contribution is 2.42. The molecule has 8 heteroatoms. The van der Waals surface area contributed by atoms with Crippen LogP contribution in [0.4, 0.5) is 0 Å². The van der Waals surface area contributed by atoms with Crippen LogP contribution in [0, 0.1) is 6.92 Å². The minimum absolute atomic E-state index is 0.183. The Morgan fingerprint density at radius 2 is 2.22 bits per heavy atom. The monoisotopic (exact) mass is 461 g/mol. The second-order valence-electron chi connectivity index (χ2n) is 8.53. The van der Waals surface area contributed by atoms with Gasteiger partial charge in [0.15, 0.2) is 6.23 Å². The Morgan fingerprint density at radius 3 is 2.84 bits per heavy atom. The first-order chi connectivity index (χ1) is 15.1. The predicted molar refractivity (Wildman–Crippen MR) is 125 cm³/mol. The summed E-state index contributed by atoms with van der Waals surface area (Å²) in [5.74, 6) is 0.600. The van der Waals surface area contributed by atoms with E-state index in [9.17, 15) is 15.3 Å². The van der Waals surface area contributed by atoms with E-state index in [1.165, 1.54) is 6.92 Å². The zero-order valence-corrected chi connectivity index (χ0v) is 19.5. The normalized spacial score (nSPS) is 30.1. The molecule has 1 aromatic rings. The first-order valence-electron chi connectivity index (χ1n) is 10.8. The van der Waals surface area contributed by atoms with Crippen LogP contribution in [-0.4, -0.2) is 63.1 Å². The van der Waals surface area contributed by atoms with Gasteiger partial charge in [-0.3, -0.25) is 0 Å². The van der Waals surface area contributed by atoms with E-state index >= 15 is 0 Å². The fraction of sp³-hybridized carbons (Fsp3) is 0.500. The molecule has 0 saturated carbocycles. The minimum atomic E-state index is -1.71. The minimum Gasteiger partial charge on any atom is -0.386 e. The Kier molecular flexibility index (Phi) is 7.63. The third-order valence-electron chi connectivity index (χ3n) is 6.31. The number of nitrogens with zero attached hydrogens (tertiary/aromatic N) is 2. The number of nitrogens with two attached hydrogens (primary N) is 1. The number of ether oxygens (including phenoxy) is 1. The molecule has 2 heterocycles. The van der Waals surface area contributed by atoms with Crippen molar-refractivity contribution in [2.45, 2.75) is 69.8 Å². The third kappa shape index (κ3) is 4.56. The van der Waals surface area contributed by atoms with Gasteiger partial charge in [0.25, 0.3) is 0 Å². The highest BCUT2D eigenvalue weighted by molar-refractivity contribution is 6.31. The van der Waals surface area contributed by atoms with Crippen LogP contribution >= 0.6 is 11.6 Å². The van der Waals surface area contributed by atoms with E-state index in [4.69, 9.17) is 22.1 Å². The van der Waals surface area contributed by atoms with Crippen molar-refractivity contribution in [2.24, 2.45) is 10.7 Å². The van der Waals surface area contributed by atoms with Crippen LogP contribution in [0.1, 0.15) is 43.9 Å². The van der Waals surface area contributed by atoms with Crippen LogP contribution in [0.5, 0.6) is 0 Å². The summed E-state index contributed by atoms with van der Waals surface area (Å²) in [6.45, 7) is 9.35. The fourth-order valence-corrected chi connectivity index (χ4v) is 4.41. The Hall–Kier alpha value is -1.96. The van der Waals surface area contributed by atoms with Crippen molar-refractivity contribution in [3.63, 3.8) is 0 Å². The van der Waals surface area contributed by atoms with E-state index in [0.29, 0.717) is 29.4 Å². The van der Waals surface area contributed by atoms with Gasteiger partial charge in [-0.25, -0.2) is 4.99 Å². The fourth-order valence-electron chi connectivity index (χ4n) is 4.29. The Labute approximate surface area is 194 Å². The second kappa shape index (κ2) is 9.89. The van der Waals surface area contributed by atoms with Gasteiger partial charge in [0.2, 0.25) is 0 Å². The summed E-state index contributed by atoms with van der Waals surface area (Å²) in [4.78, 5) is 6.32. The van der Waals surface area contributed by atoms with Gasteiger partial charge in [0.1, 0.15) is 29.7 Å². The maximum Gasteiger partial charge on any atom is 0.161 e. The molecule has 2 aliphatic heterocycles. The van der Waals surface area contributed by atoms with Crippen LogP contribution < -0.4 is 5.73 Å². The number of halogens is 1. The first-order valence-corrected chi connectivity index (χ1v) is 11.1. The van der Waals surface area contributed by atoms with Crippen molar-refractivity contribution < 1.29 is 20.1 Å². The van der Waals surface area contributed by atoms with Gasteiger partial charge in [-0.05, 0) is 55.5 Å². The van der Waals surface area contributed by atoms with E-state index in [1.54, 1.807) is 35.4 Å². The maximum absolute atomic E-state index is 11.1. The average Bonchev–Trinajstić information content (AvgIpc) is 3.28. The van der Waals surface area contributed by atoms with Gasteiger partial charge < -0.3 is 30.7 Å². The molecule has 3 rings (SSSR count). The van der Waals surface area contributed by atoms with Gasteiger partial charge in [0, 0.05) is 23.8 Å². The summed E-state index contributed by atoms with van der Waals surface area (Å²) in [6, 6.07) is 4.94. The van der Waals surface area contributed by atoms with E-state index < -0.39 is 30.1 Å². The highest BCUT2D eigenvalue weighted by atomic mass is 35.5. The second-order valence-corrected chi connectivity index (χ2v) is 8.93.